The summed E-state index contributed by atoms with van der Waals surface area (Å²) >= 11 is 0. The highest BCUT2D eigenvalue weighted by molar-refractivity contribution is 5.33. The second-order valence-corrected chi connectivity index (χ2v) is 2.35. The second-order valence-electron chi connectivity index (χ2n) is 2.35. The van der Waals surface area contributed by atoms with Crippen LogP contribution in [0.2, 0.25) is 0 Å². The summed E-state index contributed by atoms with van der Waals surface area (Å²) in [4.78, 5) is 13.3. The maximum Gasteiger partial charge on any atom is 0.235 e. The van der Waals surface area contributed by atoms with Crippen molar-refractivity contribution < 1.29 is 4.79 Å². The van der Waals surface area contributed by atoms with Crippen molar-refractivity contribution in [3.8, 4) is 0 Å². The van der Waals surface area contributed by atoms with Crippen molar-refractivity contribution in [3.63, 3.8) is 0 Å². The summed E-state index contributed by atoms with van der Waals surface area (Å²) in [6.45, 7) is 6.09. The van der Waals surface area contributed by atoms with Crippen molar-refractivity contribution in [2.24, 2.45) is 10.9 Å². The minimum atomic E-state index is 0.132. The summed E-state index contributed by atoms with van der Waals surface area (Å²) in [6.07, 6.45) is 2.62. The van der Waals surface area contributed by atoms with Crippen LogP contribution in [0.25, 0.3) is 0 Å². The van der Waals surface area contributed by atoms with E-state index < -0.39 is 0 Å². The Kier molecular flexibility index (Phi) is 3.98. The van der Waals surface area contributed by atoms with Gasteiger partial charge in [0.1, 0.15) is 0 Å². The SMILES string of the molecule is CC[C@@H](C)[C@@H](C)N=C=O. The molecule has 0 bridgehead atoms. The third kappa shape index (κ3) is 3.04. The summed E-state index contributed by atoms with van der Waals surface area (Å²) in [5.41, 5.74) is 0. The standard InChI is InChI=1S/C7H13NO/c1-4-6(2)7(3)8-5-9/h6-7H,4H2,1-3H3/t6-,7-/m1/s1. The van der Waals surface area contributed by atoms with Gasteiger partial charge in [-0.2, -0.15) is 0 Å². The zero-order valence-corrected chi connectivity index (χ0v) is 6.22. The first-order valence-corrected chi connectivity index (χ1v) is 3.29. The molecule has 0 aromatic rings. The van der Waals surface area contributed by atoms with Crippen LogP contribution < -0.4 is 0 Å². The van der Waals surface area contributed by atoms with Gasteiger partial charge in [0.2, 0.25) is 6.08 Å². The zero-order chi connectivity index (χ0) is 7.28. The largest absolute Gasteiger partial charge is 0.235 e. The number of isocyanates is 1. The molecule has 0 aliphatic heterocycles. The summed E-state index contributed by atoms with van der Waals surface area (Å²) in [7, 11) is 0. The fourth-order valence-corrected chi connectivity index (χ4v) is 0.551. The van der Waals surface area contributed by atoms with Gasteiger partial charge in [0.25, 0.3) is 0 Å². The Balaban J connectivity index is 3.71. The lowest BCUT2D eigenvalue weighted by Crippen LogP contribution is -2.09. The Bertz CT molecular complexity index is 116. The second kappa shape index (κ2) is 4.28. The van der Waals surface area contributed by atoms with Gasteiger partial charge < -0.3 is 0 Å². The molecule has 0 spiro atoms. The predicted molar refractivity (Wildman–Crippen MR) is 37.0 cm³/mol. The van der Waals surface area contributed by atoms with E-state index in [1.165, 1.54) is 0 Å². The molecule has 0 rings (SSSR count). The highest BCUT2D eigenvalue weighted by Gasteiger charge is 2.06. The molecule has 0 radical (unpaired) electrons. The molecule has 0 saturated heterocycles. The van der Waals surface area contributed by atoms with Gasteiger partial charge in [0, 0.05) is 0 Å². The van der Waals surface area contributed by atoms with Crippen LogP contribution in [0.3, 0.4) is 0 Å². The smallest absolute Gasteiger partial charge is 0.211 e. The van der Waals surface area contributed by atoms with Gasteiger partial charge in [0.15, 0.2) is 0 Å². The van der Waals surface area contributed by atoms with E-state index in [1.807, 2.05) is 6.92 Å². The number of hydrogen-bond acceptors (Lipinski definition) is 2. The molecule has 52 valence electrons. The Morgan fingerprint density at radius 2 is 2.11 bits per heavy atom. The third-order valence-electron chi connectivity index (χ3n) is 1.72. The van der Waals surface area contributed by atoms with Crippen molar-refractivity contribution in [3.05, 3.63) is 0 Å². The number of nitrogens with zero attached hydrogens (tertiary/aromatic N) is 1. The number of hydrogen-bond donors (Lipinski definition) is 0. The highest BCUT2D eigenvalue weighted by Crippen LogP contribution is 2.08. The molecule has 0 N–H and O–H groups in total. The lowest BCUT2D eigenvalue weighted by molar-refractivity contribution is 0.466. The topological polar surface area (TPSA) is 29.4 Å². The normalized spacial score (nSPS) is 15.9. The maximum atomic E-state index is 9.74. The van der Waals surface area contributed by atoms with Crippen LogP contribution in [0, 0.1) is 5.92 Å². The molecule has 0 aromatic carbocycles. The van der Waals surface area contributed by atoms with Crippen molar-refractivity contribution in [2.75, 3.05) is 0 Å². The Hall–Kier alpha value is -0.620. The van der Waals surface area contributed by atoms with Crippen LogP contribution in [0.1, 0.15) is 27.2 Å². The molecule has 0 unspecified atom stereocenters. The monoisotopic (exact) mass is 127 g/mol. The van der Waals surface area contributed by atoms with E-state index in [0.717, 1.165) is 6.42 Å². The summed E-state index contributed by atoms with van der Waals surface area (Å²) in [5, 5.41) is 0. The van der Waals surface area contributed by atoms with Crippen LogP contribution >= 0.6 is 0 Å². The molecule has 2 atom stereocenters. The van der Waals surface area contributed by atoms with Crippen molar-refractivity contribution >= 4 is 6.08 Å². The minimum absolute atomic E-state index is 0.132. The number of carbonyl (C=O) groups excluding carboxylic acids is 1. The molecule has 0 aliphatic carbocycles. The molecule has 0 fully saturated rings. The molecular weight excluding hydrogens is 114 g/mol. The average molecular weight is 127 g/mol. The fraction of sp³-hybridized carbons (Fsp3) is 0.857. The Morgan fingerprint density at radius 3 is 2.44 bits per heavy atom. The Labute approximate surface area is 56.0 Å². The lowest BCUT2D eigenvalue weighted by atomic mass is 10.0. The van der Waals surface area contributed by atoms with Crippen LogP contribution in [0.4, 0.5) is 0 Å². The first-order valence-electron chi connectivity index (χ1n) is 3.29. The molecule has 0 amide bonds. The van der Waals surface area contributed by atoms with E-state index >= 15 is 0 Å². The van der Waals surface area contributed by atoms with Crippen molar-refractivity contribution in [2.45, 2.75) is 33.2 Å². The molecule has 2 nitrogen and oxygen atoms in total. The average Bonchev–Trinajstić information content (AvgIpc) is 1.87. The van der Waals surface area contributed by atoms with Gasteiger partial charge in [0.05, 0.1) is 6.04 Å². The van der Waals surface area contributed by atoms with E-state index in [0.29, 0.717) is 5.92 Å². The molecule has 0 heterocycles. The molecule has 9 heavy (non-hydrogen) atoms. The van der Waals surface area contributed by atoms with Gasteiger partial charge in [-0.25, -0.2) is 9.79 Å². The van der Waals surface area contributed by atoms with Crippen LogP contribution in [-0.4, -0.2) is 12.1 Å². The predicted octanol–water partition coefficient (Wildman–Crippen LogP) is 1.76. The van der Waals surface area contributed by atoms with E-state index in [4.69, 9.17) is 0 Å². The third-order valence-corrected chi connectivity index (χ3v) is 1.72. The maximum absolute atomic E-state index is 9.74. The summed E-state index contributed by atoms with van der Waals surface area (Å²) in [5.74, 6) is 0.492. The van der Waals surface area contributed by atoms with Gasteiger partial charge >= 0.3 is 0 Å². The first-order chi connectivity index (χ1) is 4.22. The van der Waals surface area contributed by atoms with Crippen LogP contribution in [0.5, 0.6) is 0 Å². The van der Waals surface area contributed by atoms with Crippen molar-refractivity contribution in [1.82, 2.24) is 0 Å². The van der Waals surface area contributed by atoms with E-state index in [1.54, 1.807) is 6.08 Å². The highest BCUT2D eigenvalue weighted by atomic mass is 16.1. The first kappa shape index (κ1) is 8.38. The number of aliphatic imine (C=N–C) groups is 1. The summed E-state index contributed by atoms with van der Waals surface area (Å²) < 4.78 is 0. The quantitative estimate of drug-likeness (QED) is 0.419. The van der Waals surface area contributed by atoms with Crippen LogP contribution in [-0.2, 0) is 4.79 Å². The molecule has 0 aromatic heterocycles. The van der Waals surface area contributed by atoms with Gasteiger partial charge in [-0.15, -0.1) is 0 Å². The zero-order valence-electron chi connectivity index (χ0n) is 6.22. The Morgan fingerprint density at radius 1 is 1.56 bits per heavy atom. The molecule has 0 saturated carbocycles. The van der Waals surface area contributed by atoms with Gasteiger partial charge in [-0.1, -0.05) is 20.3 Å². The molecule has 0 aliphatic rings. The fourth-order valence-electron chi connectivity index (χ4n) is 0.551. The summed E-state index contributed by atoms with van der Waals surface area (Å²) in [6, 6.07) is 0.132. The van der Waals surface area contributed by atoms with E-state index in [2.05, 4.69) is 18.8 Å². The molecular formula is C7H13NO. The molecule has 2 heteroatoms. The van der Waals surface area contributed by atoms with Gasteiger partial charge in [-0.05, 0) is 12.8 Å². The minimum Gasteiger partial charge on any atom is -0.211 e. The lowest BCUT2D eigenvalue weighted by Gasteiger charge is -2.09. The number of rotatable bonds is 3. The van der Waals surface area contributed by atoms with Crippen molar-refractivity contribution in [1.29, 1.82) is 0 Å². The van der Waals surface area contributed by atoms with Gasteiger partial charge in [-0.3, -0.25) is 0 Å². The van der Waals surface area contributed by atoms with E-state index in [9.17, 15) is 4.79 Å². The van der Waals surface area contributed by atoms with Crippen LogP contribution in [0.15, 0.2) is 4.99 Å². The van der Waals surface area contributed by atoms with E-state index in [-0.39, 0.29) is 6.04 Å².